The van der Waals surface area contributed by atoms with Gasteiger partial charge in [0, 0.05) is 24.7 Å². The lowest BCUT2D eigenvalue weighted by Gasteiger charge is -2.40. The van der Waals surface area contributed by atoms with Crippen molar-refractivity contribution in [1.82, 2.24) is 4.90 Å². The monoisotopic (exact) mass is 336 g/mol. The Bertz CT molecular complexity index is 591. The van der Waals surface area contributed by atoms with E-state index < -0.39 is 5.41 Å². The molecule has 0 radical (unpaired) electrons. The van der Waals surface area contributed by atoms with Gasteiger partial charge in [-0.15, -0.1) is 0 Å². The number of ether oxygens (including phenoxy) is 3. The van der Waals surface area contributed by atoms with Crippen LogP contribution in [0.3, 0.4) is 0 Å². The zero-order valence-electron chi connectivity index (χ0n) is 15.1. The molecular weight excluding hydrogens is 308 g/mol. The summed E-state index contributed by atoms with van der Waals surface area (Å²) in [5.41, 5.74) is 6.26. The summed E-state index contributed by atoms with van der Waals surface area (Å²) in [6.45, 7) is 4.33. The van der Waals surface area contributed by atoms with E-state index in [9.17, 15) is 4.79 Å². The highest BCUT2D eigenvalue weighted by Gasteiger charge is 2.39. The molecule has 1 aliphatic rings. The number of benzene rings is 1. The van der Waals surface area contributed by atoms with E-state index in [0.29, 0.717) is 24.6 Å². The number of likely N-dealkylation sites (tertiary alicyclic amines) is 1. The van der Waals surface area contributed by atoms with Crippen LogP contribution in [0.4, 0.5) is 0 Å². The van der Waals surface area contributed by atoms with Crippen molar-refractivity contribution in [2.45, 2.75) is 32.7 Å². The van der Waals surface area contributed by atoms with E-state index in [4.69, 9.17) is 19.9 Å². The van der Waals surface area contributed by atoms with Gasteiger partial charge in [0.15, 0.2) is 11.5 Å². The smallest absolute Gasteiger partial charge is 0.224 e. The van der Waals surface area contributed by atoms with Crippen LogP contribution in [0.15, 0.2) is 12.1 Å². The van der Waals surface area contributed by atoms with Gasteiger partial charge in [0.05, 0.1) is 26.7 Å². The van der Waals surface area contributed by atoms with Crippen LogP contribution in [0.25, 0.3) is 0 Å². The second-order valence-electron chi connectivity index (χ2n) is 6.33. The summed E-state index contributed by atoms with van der Waals surface area (Å²) in [5, 5.41) is 0. The lowest BCUT2D eigenvalue weighted by atomic mass is 9.77. The molecule has 2 N–H and O–H groups in total. The topological polar surface area (TPSA) is 74.0 Å². The second-order valence-corrected chi connectivity index (χ2v) is 6.33. The van der Waals surface area contributed by atoms with Crippen molar-refractivity contribution in [1.29, 1.82) is 0 Å². The molecule has 0 saturated carbocycles. The van der Waals surface area contributed by atoms with Gasteiger partial charge < -0.3 is 19.9 Å². The second kappa shape index (κ2) is 7.75. The summed E-state index contributed by atoms with van der Waals surface area (Å²) in [6, 6.07) is 3.77. The lowest BCUT2D eigenvalue weighted by molar-refractivity contribution is -0.131. The molecule has 1 unspecified atom stereocenters. The van der Waals surface area contributed by atoms with Crippen LogP contribution in [0.5, 0.6) is 17.2 Å². The molecule has 134 valence electrons. The molecule has 0 spiro atoms. The van der Waals surface area contributed by atoms with Crippen LogP contribution < -0.4 is 19.9 Å². The molecule has 0 aliphatic carbocycles. The molecular formula is C18H28N2O4. The van der Waals surface area contributed by atoms with Gasteiger partial charge in [-0.2, -0.15) is 0 Å². The van der Waals surface area contributed by atoms with E-state index >= 15 is 0 Å². The van der Waals surface area contributed by atoms with E-state index in [0.717, 1.165) is 37.1 Å². The predicted molar refractivity (Wildman–Crippen MR) is 92.5 cm³/mol. The van der Waals surface area contributed by atoms with Gasteiger partial charge in [-0.05, 0) is 31.9 Å². The van der Waals surface area contributed by atoms with E-state index in [1.807, 2.05) is 19.1 Å². The molecule has 1 aliphatic heterocycles. The van der Waals surface area contributed by atoms with E-state index in [1.54, 1.807) is 21.3 Å². The highest BCUT2D eigenvalue weighted by atomic mass is 16.5. The van der Waals surface area contributed by atoms with E-state index in [1.165, 1.54) is 0 Å². The average Bonchev–Trinajstić information content (AvgIpc) is 2.61. The number of rotatable bonds is 7. The van der Waals surface area contributed by atoms with Gasteiger partial charge in [-0.1, -0.05) is 6.92 Å². The molecule has 6 heteroatoms. The maximum Gasteiger partial charge on any atom is 0.224 e. The quantitative estimate of drug-likeness (QED) is 0.826. The third-order valence-electron chi connectivity index (χ3n) is 5.04. The number of methoxy groups -OCH3 is 3. The number of amides is 1. The molecule has 1 amide bonds. The largest absolute Gasteiger partial charge is 0.496 e. The summed E-state index contributed by atoms with van der Waals surface area (Å²) >= 11 is 0. The van der Waals surface area contributed by atoms with Crippen molar-refractivity contribution in [3.05, 3.63) is 17.7 Å². The molecule has 1 aromatic carbocycles. The Morgan fingerprint density at radius 1 is 1.17 bits per heavy atom. The molecule has 1 heterocycles. The van der Waals surface area contributed by atoms with Crippen molar-refractivity contribution >= 4 is 5.91 Å². The Hall–Kier alpha value is -1.95. The van der Waals surface area contributed by atoms with Gasteiger partial charge in [0.2, 0.25) is 5.91 Å². The fraction of sp³-hybridized carbons (Fsp3) is 0.611. The van der Waals surface area contributed by atoms with Gasteiger partial charge in [-0.3, -0.25) is 9.69 Å². The van der Waals surface area contributed by atoms with Gasteiger partial charge in [0.1, 0.15) is 5.75 Å². The minimum absolute atomic E-state index is 0.200. The first-order chi connectivity index (χ1) is 11.5. The Labute approximate surface area is 143 Å². The maximum absolute atomic E-state index is 11.9. The molecule has 0 bridgehead atoms. The fourth-order valence-corrected chi connectivity index (χ4v) is 3.48. The average molecular weight is 336 g/mol. The molecule has 24 heavy (non-hydrogen) atoms. The summed E-state index contributed by atoms with van der Waals surface area (Å²) < 4.78 is 16.2. The summed E-state index contributed by atoms with van der Waals surface area (Å²) in [4.78, 5) is 14.2. The van der Waals surface area contributed by atoms with Crippen LogP contribution >= 0.6 is 0 Å². The minimum atomic E-state index is -0.429. The molecule has 1 aromatic rings. The zero-order valence-corrected chi connectivity index (χ0v) is 15.1. The molecule has 6 nitrogen and oxygen atoms in total. The SMILES string of the molecule is CCC1(C(N)=O)CCCN(Cc2cc(OC)c(OC)cc2OC)C1. The number of nitrogens with zero attached hydrogens (tertiary/aromatic N) is 1. The summed E-state index contributed by atoms with van der Waals surface area (Å²) in [5.74, 6) is 1.85. The molecule has 1 saturated heterocycles. The fourth-order valence-electron chi connectivity index (χ4n) is 3.48. The number of hydrogen-bond acceptors (Lipinski definition) is 5. The van der Waals surface area contributed by atoms with Crippen LogP contribution in [0.2, 0.25) is 0 Å². The van der Waals surface area contributed by atoms with Gasteiger partial charge in [0.25, 0.3) is 0 Å². The van der Waals surface area contributed by atoms with Crippen molar-refractivity contribution in [3.8, 4) is 17.2 Å². The molecule has 1 atom stereocenters. The standard InChI is InChI=1S/C18H28N2O4/c1-5-18(17(19)21)7-6-8-20(12-18)11-13-9-15(23-3)16(24-4)10-14(13)22-2/h9-10H,5-8,11-12H2,1-4H3,(H2,19,21). The lowest BCUT2D eigenvalue weighted by Crippen LogP contribution is -2.49. The van der Waals surface area contributed by atoms with Gasteiger partial charge in [-0.25, -0.2) is 0 Å². The minimum Gasteiger partial charge on any atom is -0.496 e. The van der Waals surface area contributed by atoms with Crippen LogP contribution in [0, 0.1) is 5.41 Å². The highest BCUT2D eigenvalue weighted by molar-refractivity contribution is 5.81. The van der Waals surface area contributed by atoms with Crippen LogP contribution in [0.1, 0.15) is 31.7 Å². The third-order valence-corrected chi connectivity index (χ3v) is 5.04. The van der Waals surface area contributed by atoms with Gasteiger partial charge >= 0.3 is 0 Å². The Kier molecular flexibility index (Phi) is 5.94. The van der Waals surface area contributed by atoms with E-state index in [2.05, 4.69) is 4.90 Å². The van der Waals surface area contributed by atoms with Crippen LogP contribution in [-0.4, -0.2) is 45.2 Å². The maximum atomic E-state index is 11.9. The number of primary amides is 1. The molecule has 2 rings (SSSR count). The number of nitrogens with two attached hydrogens (primary N) is 1. The number of carbonyl (C=O) groups is 1. The van der Waals surface area contributed by atoms with Crippen molar-refractivity contribution in [3.63, 3.8) is 0 Å². The van der Waals surface area contributed by atoms with Crippen molar-refractivity contribution in [2.75, 3.05) is 34.4 Å². The van der Waals surface area contributed by atoms with Crippen molar-refractivity contribution < 1.29 is 19.0 Å². The number of piperidine rings is 1. The zero-order chi connectivity index (χ0) is 17.7. The summed E-state index contributed by atoms with van der Waals surface area (Å²) in [6.07, 6.45) is 2.59. The molecule has 1 fully saturated rings. The number of hydrogen-bond donors (Lipinski definition) is 1. The molecule has 0 aromatic heterocycles. The third kappa shape index (κ3) is 3.59. The summed E-state index contributed by atoms with van der Waals surface area (Å²) in [7, 11) is 4.86. The highest BCUT2D eigenvalue weighted by Crippen LogP contribution is 2.37. The Balaban J connectivity index is 2.25. The van der Waals surface area contributed by atoms with Crippen molar-refractivity contribution in [2.24, 2.45) is 11.1 Å². The normalized spacial score (nSPS) is 21.3. The Morgan fingerprint density at radius 2 is 1.79 bits per heavy atom. The first-order valence-electron chi connectivity index (χ1n) is 8.30. The van der Waals surface area contributed by atoms with E-state index in [-0.39, 0.29) is 5.91 Å². The first kappa shape index (κ1) is 18.4. The Morgan fingerprint density at radius 3 is 2.33 bits per heavy atom. The predicted octanol–water partition coefficient (Wildman–Crippen LogP) is 2.19. The first-order valence-corrected chi connectivity index (χ1v) is 8.30. The van der Waals surface area contributed by atoms with Crippen LogP contribution in [-0.2, 0) is 11.3 Å². The number of carbonyl (C=O) groups excluding carboxylic acids is 1.